The maximum absolute atomic E-state index is 13.6. The number of ether oxygens (including phenoxy) is 1. The van der Waals surface area contributed by atoms with Crippen molar-refractivity contribution >= 4 is 0 Å². The molecule has 0 aliphatic rings. The minimum Gasteiger partial charge on any atom is -0.451 e. The largest absolute Gasteiger partial charge is 0.451 e. The van der Waals surface area contributed by atoms with Gasteiger partial charge in [-0.05, 0) is 24.3 Å². The van der Waals surface area contributed by atoms with E-state index in [9.17, 15) is 8.78 Å². The molecule has 0 amide bonds. The predicted octanol–water partition coefficient (Wildman–Crippen LogP) is 3.94. The smallest absolute Gasteiger partial charge is 0.165 e. The van der Waals surface area contributed by atoms with Crippen molar-refractivity contribution in [2.24, 2.45) is 0 Å². The summed E-state index contributed by atoms with van der Waals surface area (Å²) in [4.78, 5) is 0. The summed E-state index contributed by atoms with van der Waals surface area (Å²) < 4.78 is 33.8. The molecule has 0 spiro atoms. The van der Waals surface area contributed by atoms with Gasteiger partial charge in [0.2, 0.25) is 0 Å². The fourth-order valence-electron chi connectivity index (χ4n) is 1.78. The normalized spacial score (nSPS) is 10.5. The van der Waals surface area contributed by atoms with Crippen LogP contribution in [0.4, 0.5) is 8.78 Å². The predicted molar refractivity (Wildman–Crippen MR) is 70.0 cm³/mol. The lowest BCUT2D eigenvalue weighted by atomic mass is 10.3. The number of benzene rings is 2. The van der Waals surface area contributed by atoms with Gasteiger partial charge in [-0.3, -0.25) is 0 Å². The highest BCUT2D eigenvalue weighted by Crippen LogP contribution is 2.24. The van der Waals surface area contributed by atoms with Crippen molar-refractivity contribution in [2.75, 3.05) is 0 Å². The Kier molecular flexibility index (Phi) is 3.16. The molecule has 0 aliphatic carbocycles. The molecule has 20 heavy (non-hydrogen) atoms. The van der Waals surface area contributed by atoms with Gasteiger partial charge in [0.1, 0.15) is 11.5 Å². The number of nitrogens with zero attached hydrogens (tertiary/aromatic N) is 2. The van der Waals surface area contributed by atoms with Crippen molar-refractivity contribution in [3.05, 3.63) is 72.6 Å². The van der Waals surface area contributed by atoms with Crippen molar-refractivity contribution in [3.63, 3.8) is 0 Å². The number of aromatic nitrogens is 2. The molecule has 1 heterocycles. The van der Waals surface area contributed by atoms with Gasteiger partial charge in [-0.1, -0.05) is 24.3 Å². The van der Waals surface area contributed by atoms with Gasteiger partial charge in [0, 0.05) is 0 Å². The van der Waals surface area contributed by atoms with Crippen LogP contribution in [0.3, 0.4) is 0 Å². The molecule has 3 rings (SSSR count). The third-order valence-electron chi connectivity index (χ3n) is 2.72. The Morgan fingerprint density at radius 1 is 0.900 bits per heavy atom. The molecular formula is C15H10F2N2O. The summed E-state index contributed by atoms with van der Waals surface area (Å²) in [5.74, 6) is -0.432. The Bertz CT molecular complexity index is 740. The topological polar surface area (TPSA) is 27.1 Å². The average molecular weight is 272 g/mol. The van der Waals surface area contributed by atoms with Crippen LogP contribution in [0.2, 0.25) is 0 Å². The molecule has 0 radical (unpaired) electrons. The second-order valence-electron chi connectivity index (χ2n) is 4.10. The first-order valence-electron chi connectivity index (χ1n) is 5.96. The first kappa shape index (κ1) is 12.3. The fraction of sp³-hybridized carbons (Fsp3) is 0. The van der Waals surface area contributed by atoms with Gasteiger partial charge in [0.15, 0.2) is 17.3 Å². The molecule has 0 atom stereocenters. The first-order chi connectivity index (χ1) is 9.74. The summed E-state index contributed by atoms with van der Waals surface area (Å²) >= 11 is 0. The highest BCUT2D eigenvalue weighted by atomic mass is 19.1. The lowest BCUT2D eigenvalue weighted by molar-refractivity contribution is 0.442. The van der Waals surface area contributed by atoms with Gasteiger partial charge in [-0.15, -0.1) is 0 Å². The zero-order valence-corrected chi connectivity index (χ0v) is 10.3. The molecule has 1 aromatic heterocycles. The lowest BCUT2D eigenvalue weighted by Crippen LogP contribution is -1.97. The summed E-state index contributed by atoms with van der Waals surface area (Å²) in [6.45, 7) is 0. The van der Waals surface area contributed by atoms with Crippen LogP contribution >= 0.6 is 0 Å². The van der Waals surface area contributed by atoms with Crippen LogP contribution in [0, 0.1) is 11.6 Å². The Morgan fingerprint density at radius 3 is 2.35 bits per heavy atom. The molecule has 0 unspecified atom stereocenters. The number of rotatable bonds is 3. The van der Waals surface area contributed by atoms with Gasteiger partial charge in [0.05, 0.1) is 12.4 Å². The SMILES string of the molecule is Fc1ccccc1Oc1cnn(-c2ccccc2F)c1. The van der Waals surface area contributed by atoms with Crippen molar-refractivity contribution < 1.29 is 13.5 Å². The molecule has 0 bridgehead atoms. The van der Waals surface area contributed by atoms with E-state index in [0.29, 0.717) is 11.4 Å². The molecule has 5 heteroatoms. The molecule has 3 nitrogen and oxygen atoms in total. The first-order valence-corrected chi connectivity index (χ1v) is 5.96. The van der Waals surface area contributed by atoms with Crippen LogP contribution in [0.5, 0.6) is 11.5 Å². The van der Waals surface area contributed by atoms with E-state index in [0.717, 1.165) is 0 Å². The van der Waals surface area contributed by atoms with E-state index in [2.05, 4.69) is 5.10 Å². The van der Waals surface area contributed by atoms with Crippen LogP contribution < -0.4 is 4.74 Å². The van der Waals surface area contributed by atoms with Gasteiger partial charge >= 0.3 is 0 Å². The average Bonchev–Trinajstić information content (AvgIpc) is 2.90. The van der Waals surface area contributed by atoms with Crippen molar-refractivity contribution in [1.29, 1.82) is 0 Å². The van der Waals surface area contributed by atoms with Crippen LogP contribution in [-0.4, -0.2) is 9.78 Å². The minimum absolute atomic E-state index is 0.0978. The standard InChI is InChI=1S/C15H10F2N2O/c16-12-5-1-3-7-14(12)19-10-11(9-18-19)20-15-8-4-2-6-13(15)17/h1-10H. The zero-order chi connectivity index (χ0) is 13.9. The van der Waals surface area contributed by atoms with Gasteiger partial charge in [-0.2, -0.15) is 5.10 Å². The second-order valence-corrected chi connectivity index (χ2v) is 4.10. The molecular weight excluding hydrogens is 262 g/mol. The molecule has 0 saturated carbocycles. The number of hydrogen-bond donors (Lipinski definition) is 0. The van der Waals surface area contributed by atoms with E-state index >= 15 is 0 Å². The lowest BCUT2D eigenvalue weighted by Gasteiger charge is -2.03. The second kappa shape index (κ2) is 5.13. The van der Waals surface area contributed by atoms with E-state index in [4.69, 9.17) is 4.74 Å². The van der Waals surface area contributed by atoms with Crippen molar-refractivity contribution in [2.45, 2.75) is 0 Å². The molecule has 100 valence electrons. The van der Waals surface area contributed by atoms with E-state index in [1.165, 1.54) is 35.3 Å². The maximum atomic E-state index is 13.6. The summed E-state index contributed by atoms with van der Waals surface area (Å²) in [6, 6.07) is 12.3. The molecule has 3 aromatic rings. The molecule has 0 N–H and O–H groups in total. The Hall–Kier alpha value is -2.69. The summed E-state index contributed by atoms with van der Waals surface area (Å²) in [5, 5.41) is 4.00. The Labute approximate surface area is 114 Å². The number of para-hydroxylation sites is 2. The van der Waals surface area contributed by atoms with Crippen molar-refractivity contribution in [3.8, 4) is 17.2 Å². The molecule has 2 aromatic carbocycles. The quantitative estimate of drug-likeness (QED) is 0.722. The van der Waals surface area contributed by atoms with Crippen LogP contribution in [0.15, 0.2) is 60.9 Å². The molecule has 0 aliphatic heterocycles. The summed E-state index contributed by atoms with van der Waals surface area (Å²) in [5.41, 5.74) is 0.302. The number of halogens is 2. The number of hydrogen-bond acceptors (Lipinski definition) is 2. The highest BCUT2D eigenvalue weighted by molar-refractivity contribution is 5.35. The Morgan fingerprint density at radius 2 is 1.60 bits per heavy atom. The molecule has 0 saturated heterocycles. The van der Waals surface area contributed by atoms with Gasteiger partial charge in [-0.25, -0.2) is 13.5 Å². The third-order valence-corrected chi connectivity index (χ3v) is 2.72. The van der Waals surface area contributed by atoms with Crippen LogP contribution in [-0.2, 0) is 0 Å². The monoisotopic (exact) mass is 272 g/mol. The highest BCUT2D eigenvalue weighted by Gasteiger charge is 2.08. The van der Waals surface area contributed by atoms with Crippen molar-refractivity contribution in [1.82, 2.24) is 9.78 Å². The van der Waals surface area contributed by atoms with E-state index in [-0.39, 0.29) is 5.75 Å². The van der Waals surface area contributed by atoms with Gasteiger partial charge in [0.25, 0.3) is 0 Å². The maximum Gasteiger partial charge on any atom is 0.165 e. The zero-order valence-electron chi connectivity index (χ0n) is 10.3. The van der Waals surface area contributed by atoms with Gasteiger partial charge < -0.3 is 4.74 Å². The van der Waals surface area contributed by atoms with Crippen LogP contribution in [0.25, 0.3) is 5.69 Å². The van der Waals surface area contributed by atoms with E-state index in [1.54, 1.807) is 30.3 Å². The third kappa shape index (κ3) is 2.38. The summed E-state index contributed by atoms with van der Waals surface area (Å²) in [7, 11) is 0. The van der Waals surface area contributed by atoms with Crippen LogP contribution in [0.1, 0.15) is 0 Å². The molecule has 0 fully saturated rings. The fourth-order valence-corrected chi connectivity index (χ4v) is 1.78. The van der Waals surface area contributed by atoms with E-state index < -0.39 is 11.6 Å². The summed E-state index contributed by atoms with van der Waals surface area (Å²) in [6.07, 6.45) is 2.89. The minimum atomic E-state index is -0.467. The van der Waals surface area contributed by atoms with E-state index in [1.807, 2.05) is 0 Å². The Balaban J connectivity index is 1.88.